The first-order chi connectivity index (χ1) is 5.94. The van der Waals surface area contributed by atoms with E-state index in [1.165, 1.54) is 0 Å². The third kappa shape index (κ3) is 2.26. The van der Waals surface area contributed by atoms with Crippen LogP contribution in [0.3, 0.4) is 0 Å². The molecule has 1 heterocycles. The molecule has 0 radical (unpaired) electrons. The fraction of sp³-hybridized carbons (Fsp3) is 0.625. The maximum atomic E-state index is 8.72. The monoisotopic (exact) mass is 179 g/mol. The highest BCUT2D eigenvalue weighted by Crippen LogP contribution is 2.04. The van der Waals surface area contributed by atoms with Gasteiger partial charge in [0.15, 0.2) is 0 Å². The number of aromatic nitrogens is 3. The summed E-state index contributed by atoms with van der Waals surface area (Å²) in [5.74, 6) is 1.48. The quantitative estimate of drug-likeness (QED) is 0.700. The van der Waals surface area contributed by atoms with Gasteiger partial charge in [-0.2, -0.15) is 10.4 Å². The van der Waals surface area contributed by atoms with Crippen molar-refractivity contribution in [2.75, 3.05) is 0 Å². The molecule has 1 atom stereocenters. The molecule has 1 unspecified atom stereocenters. The molecule has 0 aliphatic rings. The molecular weight excluding hydrogens is 166 g/mol. The minimum absolute atomic E-state index is 0.371. The number of nitriles is 1. The van der Waals surface area contributed by atoms with E-state index in [0.717, 1.165) is 5.82 Å². The molecule has 0 aromatic carbocycles. The van der Waals surface area contributed by atoms with Crippen LogP contribution in [0.15, 0.2) is 0 Å². The van der Waals surface area contributed by atoms with Gasteiger partial charge in [-0.15, -0.1) is 0 Å². The van der Waals surface area contributed by atoms with Crippen LogP contribution in [-0.4, -0.2) is 20.3 Å². The SMILES string of the molecule is Cc1nc(C)n(CC(C)(N)C#N)n1. The van der Waals surface area contributed by atoms with Gasteiger partial charge in [-0.1, -0.05) is 0 Å². The zero-order valence-corrected chi connectivity index (χ0v) is 8.07. The topological polar surface area (TPSA) is 80.5 Å². The lowest BCUT2D eigenvalue weighted by Gasteiger charge is -2.15. The number of hydrogen-bond donors (Lipinski definition) is 1. The predicted molar refractivity (Wildman–Crippen MR) is 47.7 cm³/mol. The summed E-state index contributed by atoms with van der Waals surface area (Å²) in [6, 6.07) is 2.02. The highest BCUT2D eigenvalue weighted by Gasteiger charge is 2.19. The maximum Gasteiger partial charge on any atom is 0.147 e. The molecular formula is C8H13N5. The zero-order chi connectivity index (χ0) is 10.1. The van der Waals surface area contributed by atoms with E-state index in [0.29, 0.717) is 12.4 Å². The van der Waals surface area contributed by atoms with E-state index in [4.69, 9.17) is 11.0 Å². The molecule has 2 N–H and O–H groups in total. The third-order valence-electron chi connectivity index (χ3n) is 1.70. The van der Waals surface area contributed by atoms with Crippen LogP contribution in [0.2, 0.25) is 0 Å². The highest BCUT2D eigenvalue weighted by atomic mass is 15.3. The fourth-order valence-electron chi connectivity index (χ4n) is 1.06. The number of rotatable bonds is 2. The highest BCUT2D eigenvalue weighted by molar-refractivity contribution is 5.02. The van der Waals surface area contributed by atoms with Gasteiger partial charge in [-0.3, -0.25) is 0 Å². The van der Waals surface area contributed by atoms with Crippen LogP contribution in [0, 0.1) is 25.2 Å². The summed E-state index contributed by atoms with van der Waals surface area (Å²) in [4.78, 5) is 4.12. The Morgan fingerprint density at radius 2 is 2.23 bits per heavy atom. The molecule has 0 saturated carbocycles. The van der Waals surface area contributed by atoms with Gasteiger partial charge in [-0.05, 0) is 20.8 Å². The van der Waals surface area contributed by atoms with Crippen molar-refractivity contribution in [3.8, 4) is 6.07 Å². The standard InChI is InChI=1S/C8H13N5/c1-6-11-7(2)13(12-6)5-8(3,10)4-9/h5,10H2,1-3H3. The van der Waals surface area contributed by atoms with E-state index in [9.17, 15) is 0 Å². The smallest absolute Gasteiger partial charge is 0.147 e. The Kier molecular flexibility index (Phi) is 2.34. The summed E-state index contributed by atoms with van der Waals surface area (Å²) in [6.07, 6.45) is 0. The van der Waals surface area contributed by atoms with Crippen LogP contribution in [-0.2, 0) is 6.54 Å². The lowest BCUT2D eigenvalue weighted by molar-refractivity contribution is 0.449. The average Bonchev–Trinajstić information content (AvgIpc) is 2.30. The molecule has 5 heteroatoms. The molecule has 0 aliphatic heterocycles. The molecule has 0 spiro atoms. The third-order valence-corrected chi connectivity index (χ3v) is 1.70. The van der Waals surface area contributed by atoms with Crippen LogP contribution in [0.5, 0.6) is 0 Å². The van der Waals surface area contributed by atoms with Crippen LogP contribution < -0.4 is 5.73 Å². The van der Waals surface area contributed by atoms with E-state index >= 15 is 0 Å². The van der Waals surface area contributed by atoms with Crippen LogP contribution in [0.4, 0.5) is 0 Å². The molecule has 70 valence electrons. The van der Waals surface area contributed by atoms with E-state index < -0.39 is 5.54 Å². The Bertz CT molecular complexity index is 344. The van der Waals surface area contributed by atoms with Crippen molar-refractivity contribution in [2.24, 2.45) is 5.73 Å². The Hall–Kier alpha value is -1.41. The summed E-state index contributed by atoms with van der Waals surface area (Å²) in [5.41, 5.74) is 4.79. The Labute approximate surface area is 77.2 Å². The summed E-state index contributed by atoms with van der Waals surface area (Å²) in [7, 11) is 0. The lowest BCUT2D eigenvalue weighted by atomic mass is 10.1. The Balaban J connectivity index is 2.87. The van der Waals surface area contributed by atoms with Gasteiger partial charge in [0.25, 0.3) is 0 Å². The maximum absolute atomic E-state index is 8.72. The van der Waals surface area contributed by atoms with Crippen molar-refractivity contribution < 1.29 is 0 Å². The van der Waals surface area contributed by atoms with Gasteiger partial charge in [0, 0.05) is 0 Å². The summed E-state index contributed by atoms with van der Waals surface area (Å²) < 4.78 is 1.65. The normalized spacial score (nSPS) is 15.0. The van der Waals surface area contributed by atoms with Crippen LogP contribution in [0.25, 0.3) is 0 Å². The molecule has 0 amide bonds. The van der Waals surface area contributed by atoms with Gasteiger partial charge >= 0.3 is 0 Å². The van der Waals surface area contributed by atoms with Crippen molar-refractivity contribution >= 4 is 0 Å². The van der Waals surface area contributed by atoms with Crippen molar-refractivity contribution in [1.29, 1.82) is 5.26 Å². The Morgan fingerprint density at radius 1 is 1.62 bits per heavy atom. The van der Waals surface area contributed by atoms with Crippen LogP contribution in [0.1, 0.15) is 18.6 Å². The van der Waals surface area contributed by atoms with E-state index in [-0.39, 0.29) is 0 Å². The van der Waals surface area contributed by atoms with Gasteiger partial charge < -0.3 is 5.73 Å². The first kappa shape index (κ1) is 9.68. The summed E-state index contributed by atoms with van der Waals surface area (Å²) in [5, 5.41) is 12.8. The van der Waals surface area contributed by atoms with E-state index in [1.54, 1.807) is 11.6 Å². The number of nitrogens with zero attached hydrogens (tertiary/aromatic N) is 4. The molecule has 13 heavy (non-hydrogen) atoms. The predicted octanol–water partition coefficient (Wildman–Crippen LogP) is 0.136. The fourth-order valence-corrected chi connectivity index (χ4v) is 1.06. The molecule has 0 saturated heterocycles. The molecule has 1 rings (SSSR count). The molecule has 1 aromatic heterocycles. The van der Waals surface area contributed by atoms with E-state index in [1.807, 2.05) is 19.9 Å². The van der Waals surface area contributed by atoms with Gasteiger partial charge in [-0.25, -0.2) is 9.67 Å². The number of nitrogens with two attached hydrogens (primary N) is 1. The molecule has 0 bridgehead atoms. The molecule has 0 aliphatic carbocycles. The lowest BCUT2D eigenvalue weighted by Crippen LogP contribution is -2.39. The minimum Gasteiger partial charge on any atom is -0.312 e. The second-order valence-electron chi connectivity index (χ2n) is 3.39. The summed E-state index contributed by atoms with van der Waals surface area (Å²) in [6.45, 7) is 5.69. The van der Waals surface area contributed by atoms with Crippen molar-refractivity contribution in [3.63, 3.8) is 0 Å². The first-order valence-electron chi connectivity index (χ1n) is 4.03. The molecule has 1 aromatic rings. The first-order valence-corrected chi connectivity index (χ1v) is 4.03. The molecule has 5 nitrogen and oxygen atoms in total. The summed E-state index contributed by atoms with van der Waals surface area (Å²) >= 11 is 0. The van der Waals surface area contributed by atoms with E-state index in [2.05, 4.69) is 10.1 Å². The molecule has 0 fully saturated rings. The minimum atomic E-state index is -0.884. The second-order valence-corrected chi connectivity index (χ2v) is 3.39. The van der Waals surface area contributed by atoms with Gasteiger partial charge in [0.2, 0.25) is 0 Å². The van der Waals surface area contributed by atoms with Gasteiger partial charge in [0.1, 0.15) is 17.2 Å². The van der Waals surface area contributed by atoms with Crippen molar-refractivity contribution in [3.05, 3.63) is 11.6 Å². The van der Waals surface area contributed by atoms with Crippen molar-refractivity contribution in [1.82, 2.24) is 14.8 Å². The zero-order valence-electron chi connectivity index (χ0n) is 8.07. The number of aryl methyl sites for hydroxylation is 2. The number of hydrogen-bond acceptors (Lipinski definition) is 4. The van der Waals surface area contributed by atoms with Crippen LogP contribution >= 0.6 is 0 Å². The largest absolute Gasteiger partial charge is 0.312 e. The second kappa shape index (κ2) is 3.15. The average molecular weight is 179 g/mol. The Morgan fingerprint density at radius 3 is 2.62 bits per heavy atom. The van der Waals surface area contributed by atoms with Crippen molar-refractivity contribution in [2.45, 2.75) is 32.9 Å². The van der Waals surface area contributed by atoms with Gasteiger partial charge in [0.05, 0.1) is 12.6 Å².